The lowest BCUT2D eigenvalue weighted by atomic mass is 10.1. The molecule has 0 fully saturated rings. The SMILES string of the molecule is Cc1ccc(CCN(C)c2ncc(C#N)s2)cc1. The smallest absolute Gasteiger partial charge is 0.186 e. The van der Waals surface area contributed by atoms with Gasteiger partial charge >= 0.3 is 0 Å². The van der Waals surface area contributed by atoms with Crippen LogP contribution < -0.4 is 4.90 Å². The van der Waals surface area contributed by atoms with Gasteiger partial charge in [-0.25, -0.2) is 4.98 Å². The molecule has 1 aromatic heterocycles. The first-order valence-corrected chi connectivity index (χ1v) is 6.63. The Morgan fingerprint density at radius 2 is 2.06 bits per heavy atom. The molecule has 0 bridgehead atoms. The van der Waals surface area contributed by atoms with E-state index in [2.05, 4.69) is 47.1 Å². The molecule has 4 heteroatoms. The van der Waals surface area contributed by atoms with Gasteiger partial charge in [-0.3, -0.25) is 0 Å². The Morgan fingerprint density at radius 3 is 2.67 bits per heavy atom. The Bertz CT molecular complexity index is 551. The molecule has 2 rings (SSSR count). The van der Waals surface area contributed by atoms with Crippen LogP contribution in [0.15, 0.2) is 30.5 Å². The molecule has 92 valence electrons. The number of thiazole rings is 1. The normalized spacial score (nSPS) is 10.1. The molecule has 0 aliphatic rings. The number of nitriles is 1. The molecule has 2 aromatic rings. The minimum atomic E-state index is 0.659. The van der Waals surface area contributed by atoms with E-state index in [1.165, 1.54) is 22.5 Å². The third kappa shape index (κ3) is 3.08. The summed E-state index contributed by atoms with van der Waals surface area (Å²) in [6.07, 6.45) is 2.61. The fraction of sp³-hybridized carbons (Fsp3) is 0.286. The summed E-state index contributed by atoms with van der Waals surface area (Å²) in [5.41, 5.74) is 2.61. The number of hydrogen-bond acceptors (Lipinski definition) is 4. The van der Waals surface area contributed by atoms with Crippen molar-refractivity contribution in [3.05, 3.63) is 46.5 Å². The Kier molecular flexibility index (Phi) is 3.96. The molecule has 0 amide bonds. The van der Waals surface area contributed by atoms with Crippen molar-refractivity contribution in [2.24, 2.45) is 0 Å². The number of aromatic nitrogens is 1. The summed E-state index contributed by atoms with van der Waals surface area (Å²) in [5, 5.41) is 9.67. The molecule has 0 N–H and O–H groups in total. The topological polar surface area (TPSA) is 39.9 Å². The van der Waals surface area contributed by atoms with E-state index in [-0.39, 0.29) is 0 Å². The van der Waals surface area contributed by atoms with Crippen molar-refractivity contribution in [3.63, 3.8) is 0 Å². The Morgan fingerprint density at radius 1 is 1.33 bits per heavy atom. The summed E-state index contributed by atoms with van der Waals surface area (Å²) >= 11 is 1.43. The highest BCUT2D eigenvalue weighted by atomic mass is 32.1. The van der Waals surface area contributed by atoms with Crippen molar-refractivity contribution in [3.8, 4) is 6.07 Å². The van der Waals surface area contributed by atoms with Gasteiger partial charge in [-0.2, -0.15) is 5.26 Å². The molecule has 3 nitrogen and oxygen atoms in total. The molecule has 0 unspecified atom stereocenters. The van der Waals surface area contributed by atoms with E-state index < -0.39 is 0 Å². The monoisotopic (exact) mass is 257 g/mol. The molecular formula is C14H15N3S. The Balaban J connectivity index is 1.94. The second-order valence-corrected chi connectivity index (χ2v) is 5.29. The van der Waals surface area contributed by atoms with E-state index >= 15 is 0 Å². The van der Waals surface area contributed by atoms with Crippen LogP contribution in [0.1, 0.15) is 16.0 Å². The fourth-order valence-electron chi connectivity index (χ4n) is 1.64. The molecule has 0 aliphatic heterocycles. The number of nitrogens with zero attached hydrogens (tertiary/aromatic N) is 3. The van der Waals surface area contributed by atoms with Crippen molar-refractivity contribution in [2.45, 2.75) is 13.3 Å². The average Bonchev–Trinajstić information content (AvgIpc) is 2.86. The van der Waals surface area contributed by atoms with Crippen LogP contribution >= 0.6 is 11.3 Å². The van der Waals surface area contributed by atoms with E-state index in [0.29, 0.717) is 4.88 Å². The summed E-state index contributed by atoms with van der Waals surface area (Å²) < 4.78 is 0. The minimum Gasteiger partial charge on any atom is -0.351 e. The molecule has 0 saturated heterocycles. The van der Waals surface area contributed by atoms with E-state index in [1.54, 1.807) is 6.20 Å². The highest BCUT2D eigenvalue weighted by Crippen LogP contribution is 2.20. The van der Waals surface area contributed by atoms with E-state index in [4.69, 9.17) is 5.26 Å². The van der Waals surface area contributed by atoms with Crippen LogP contribution in [0.3, 0.4) is 0 Å². The molecule has 0 aliphatic carbocycles. The first-order chi connectivity index (χ1) is 8.69. The van der Waals surface area contributed by atoms with Gasteiger partial charge in [-0.05, 0) is 18.9 Å². The lowest BCUT2D eigenvalue weighted by molar-refractivity contribution is 0.871. The zero-order chi connectivity index (χ0) is 13.0. The van der Waals surface area contributed by atoms with Gasteiger partial charge < -0.3 is 4.90 Å². The molecule has 0 radical (unpaired) electrons. The summed E-state index contributed by atoms with van der Waals surface area (Å²) in [6, 6.07) is 10.7. The maximum atomic E-state index is 8.77. The third-order valence-corrected chi connectivity index (χ3v) is 3.80. The van der Waals surface area contributed by atoms with Gasteiger partial charge in [0.2, 0.25) is 0 Å². The van der Waals surface area contributed by atoms with E-state index in [1.807, 2.05) is 7.05 Å². The number of anilines is 1. The van der Waals surface area contributed by atoms with Crippen molar-refractivity contribution >= 4 is 16.5 Å². The van der Waals surface area contributed by atoms with Crippen molar-refractivity contribution in [1.29, 1.82) is 5.26 Å². The maximum Gasteiger partial charge on any atom is 0.186 e. The van der Waals surface area contributed by atoms with Crippen LogP contribution in [0.2, 0.25) is 0 Å². The quantitative estimate of drug-likeness (QED) is 0.845. The molecule has 1 heterocycles. The molecule has 0 saturated carbocycles. The number of aryl methyl sites for hydroxylation is 1. The molecule has 0 spiro atoms. The highest BCUT2D eigenvalue weighted by Gasteiger charge is 2.06. The standard InChI is InChI=1S/C14H15N3S/c1-11-3-5-12(6-4-11)7-8-17(2)14-16-10-13(9-15)18-14/h3-6,10H,7-8H2,1-2H3. The van der Waals surface area contributed by atoms with Crippen molar-refractivity contribution < 1.29 is 0 Å². The van der Waals surface area contributed by atoms with Gasteiger partial charge in [-0.15, -0.1) is 0 Å². The third-order valence-electron chi connectivity index (χ3n) is 2.79. The van der Waals surface area contributed by atoms with Gasteiger partial charge in [0.1, 0.15) is 10.9 Å². The highest BCUT2D eigenvalue weighted by molar-refractivity contribution is 7.16. The number of benzene rings is 1. The van der Waals surface area contributed by atoms with Crippen LogP contribution in [0.5, 0.6) is 0 Å². The lowest BCUT2D eigenvalue weighted by Gasteiger charge is -2.15. The summed E-state index contributed by atoms with van der Waals surface area (Å²) in [6.45, 7) is 3.00. The van der Waals surface area contributed by atoms with Gasteiger partial charge in [0, 0.05) is 13.6 Å². The lowest BCUT2D eigenvalue weighted by Crippen LogP contribution is -2.19. The summed E-state index contributed by atoms with van der Waals surface area (Å²) in [5.74, 6) is 0. The first-order valence-electron chi connectivity index (χ1n) is 5.81. The number of rotatable bonds is 4. The minimum absolute atomic E-state index is 0.659. The molecule has 0 atom stereocenters. The molecule has 18 heavy (non-hydrogen) atoms. The fourth-order valence-corrected chi connectivity index (χ4v) is 2.34. The zero-order valence-corrected chi connectivity index (χ0v) is 11.4. The Hall–Kier alpha value is -1.86. The van der Waals surface area contributed by atoms with E-state index in [9.17, 15) is 0 Å². The van der Waals surface area contributed by atoms with Gasteiger partial charge in [0.25, 0.3) is 0 Å². The predicted molar refractivity (Wildman–Crippen MR) is 75.0 cm³/mol. The second-order valence-electron chi connectivity index (χ2n) is 4.28. The van der Waals surface area contributed by atoms with Gasteiger partial charge in [-0.1, -0.05) is 41.2 Å². The summed E-state index contributed by atoms with van der Waals surface area (Å²) in [7, 11) is 2.01. The van der Waals surface area contributed by atoms with Crippen LogP contribution in [0.4, 0.5) is 5.13 Å². The van der Waals surface area contributed by atoms with Crippen molar-refractivity contribution in [1.82, 2.24) is 4.98 Å². The van der Waals surface area contributed by atoms with Crippen LogP contribution in [0.25, 0.3) is 0 Å². The van der Waals surface area contributed by atoms with Crippen LogP contribution in [0, 0.1) is 18.3 Å². The average molecular weight is 257 g/mol. The first kappa shape index (κ1) is 12.6. The molecule has 1 aromatic carbocycles. The van der Waals surface area contributed by atoms with Crippen LogP contribution in [-0.2, 0) is 6.42 Å². The zero-order valence-electron chi connectivity index (χ0n) is 10.6. The Labute approximate surface area is 111 Å². The van der Waals surface area contributed by atoms with Crippen LogP contribution in [-0.4, -0.2) is 18.6 Å². The predicted octanol–water partition coefficient (Wildman–Crippen LogP) is 3.00. The second kappa shape index (κ2) is 5.65. The summed E-state index contributed by atoms with van der Waals surface area (Å²) in [4.78, 5) is 6.98. The van der Waals surface area contributed by atoms with Crippen molar-refractivity contribution in [2.75, 3.05) is 18.5 Å². The maximum absolute atomic E-state index is 8.77. The largest absolute Gasteiger partial charge is 0.351 e. The van der Waals surface area contributed by atoms with E-state index in [0.717, 1.165) is 18.1 Å². The van der Waals surface area contributed by atoms with Gasteiger partial charge in [0.15, 0.2) is 5.13 Å². The number of likely N-dealkylation sites (N-methyl/N-ethyl adjacent to an activating group) is 1. The molecular weight excluding hydrogens is 242 g/mol. The number of hydrogen-bond donors (Lipinski definition) is 0. The van der Waals surface area contributed by atoms with Gasteiger partial charge in [0.05, 0.1) is 6.20 Å².